The van der Waals surface area contributed by atoms with Crippen molar-refractivity contribution in [2.75, 3.05) is 32.8 Å². The topological polar surface area (TPSA) is 51.2 Å². The van der Waals surface area contributed by atoms with Gasteiger partial charge in [-0.3, -0.25) is 4.90 Å². The fraction of sp³-hybridized carbons (Fsp3) is 0.825. The third-order valence-electron chi connectivity index (χ3n) is 15.3. The number of piperazine rings is 1. The van der Waals surface area contributed by atoms with Crippen molar-refractivity contribution < 1.29 is 19.0 Å². The molecule has 3 saturated heterocycles. The van der Waals surface area contributed by atoms with Crippen LogP contribution >= 0.6 is 0 Å². The van der Waals surface area contributed by atoms with Crippen molar-refractivity contribution in [1.82, 2.24) is 9.80 Å². The summed E-state index contributed by atoms with van der Waals surface area (Å²) in [6.45, 7) is 17.4. The predicted molar refractivity (Wildman–Crippen MR) is 180 cm³/mol. The molecule has 0 aromatic heterocycles. The maximum Gasteiger partial charge on any atom is 0.410 e. The van der Waals surface area contributed by atoms with Crippen molar-refractivity contribution in [1.29, 1.82) is 0 Å². The lowest BCUT2D eigenvalue weighted by Gasteiger charge is -2.61. The minimum absolute atomic E-state index is 0.0773. The Bertz CT molecular complexity index is 1270. The SMILES string of the molecule is Cc1ccc(CN2CCN(C(=O)O[C@H]3CC[C@@]4(C)[C@H](CC[C@@H]5[C@@H]4CC[C@]4(C)[C@@H]6[C@H](C[C@@H]54)O[C@]4(CC[C@H](C)CO4)[C@H]6C)C3)CC2)cc1. The molecule has 0 radical (unpaired) electrons. The standard InChI is InChI=1S/C40H60N2O4/c1-26-6-8-29(9-7-26)24-41-18-20-42(21-19-41)37(43)45-31-13-15-38(4)30(22-31)10-11-32-33(38)14-16-39(5)34(32)23-35-36(39)28(3)40(46-35)17-12-27(2)25-44-40/h6-9,27-28,30-36H,10-25H2,1-5H3/t27-,28-,30+,31-,32+,33-,34-,35-,36-,38-,39-,40+/m0/s1. The monoisotopic (exact) mass is 632 g/mol. The molecule has 4 saturated carbocycles. The van der Waals surface area contributed by atoms with Gasteiger partial charge in [-0.1, -0.05) is 57.5 Å². The molecule has 46 heavy (non-hydrogen) atoms. The number of amides is 1. The summed E-state index contributed by atoms with van der Waals surface area (Å²) in [5.74, 6) is 4.54. The van der Waals surface area contributed by atoms with Crippen LogP contribution in [0.3, 0.4) is 0 Å². The minimum Gasteiger partial charge on any atom is -0.446 e. The van der Waals surface area contributed by atoms with Gasteiger partial charge in [-0.25, -0.2) is 4.79 Å². The van der Waals surface area contributed by atoms with E-state index < -0.39 is 0 Å². The maximum absolute atomic E-state index is 13.3. The zero-order valence-electron chi connectivity index (χ0n) is 29.3. The lowest BCUT2D eigenvalue weighted by molar-refractivity contribution is -0.273. The van der Waals surface area contributed by atoms with Gasteiger partial charge in [-0.2, -0.15) is 0 Å². The van der Waals surface area contributed by atoms with Gasteiger partial charge in [0.25, 0.3) is 0 Å². The van der Waals surface area contributed by atoms with Crippen LogP contribution in [0.25, 0.3) is 0 Å². The molecule has 6 nitrogen and oxygen atoms in total. The fourth-order valence-corrected chi connectivity index (χ4v) is 12.6. The molecule has 7 fully saturated rings. The number of carbonyl (C=O) groups is 1. The van der Waals surface area contributed by atoms with Crippen LogP contribution in [0.2, 0.25) is 0 Å². The maximum atomic E-state index is 13.3. The Morgan fingerprint density at radius 1 is 0.891 bits per heavy atom. The molecule has 0 N–H and O–H groups in total. The second-order valence-electron chi connectivity index (χ2n) is 17.7. The van der Waals surface area contributed by atoms with Crippen molar-refractivity contribution in [3.63, 3.8) is 0 Å². The molecule has 1 spiro atoms. The lowest BCUT2D eigenvalue weighted by Crippen LogP contribution is -2.55. The Hall–Kier alpha value is -1.63. The molecular formula is C40H60N2O4. The zero-order valence-corrected chi connectivity index (χ0v) is 29.3. The molecule has 8 rings (SSSR count). The molecule has 1 amide bonds. The molecule has 254 valence electrons. The van der Waals surface area contributed by atoms with Gasteiger partial charge in [0.2, 0.25) is 0 Å². The van der Waals surface area contributed by atoms with Crippen LogP contribution in [0.1, 0.15) is 103 Å². The highest BCUT2D eigenvalue weighted by Crippen LogP contribution is 2.71. The van der Waals surface area contributed by atoms with E-state index in [-0.39, 0.29) is 18.0 Å². The van der Waals surface area contributed by atoms with E-state index >= 15 is 0 Å². The van der Waals surface area contributed by atoms with Gasteiger partial charge in [-0.05, 0) is 117 Å². The molecule has 1 aromatic rings. The number of hydrogen-bond acceptors (Lipinski definition) is 5. The summed E-state index contributed by atoms with van der Waals surface area (Å²) >= 11 is 0. The number of hydrogen-bond donors (Lipinski definition) is 0. The van der Waals surface area contributed by atoms with Gasteiger partial charge in [-0.15, -0.1) is 0 Å². The normalized spacial score (nSPS) is 47.2. The van der Waals surface area contributed by atoms with Gasteiger partial charge < -0.3 is 19.1 Å². The van der Waals surface area contributed by atoms with Gasteiger partial charge in [0.05, 0.1) is 12.7 Å². The van der Waals surface area contributed by atoms with Gasteiger partial charge in [0.15, 0.2) is 5.79 Å². The van der Waals surface area contributed by atoms with Crippen LogP contribution < -0.4 is 0 Å². The van der Waals surface area contributed by atoms with Crippen molar-refractivity contribution in [3.8, 4) is 0 Å². The Kier molecular flexibility index (Phi) is 8.08. The quantitative estimate of drug-likeness (QED) is 0.337. The highest BCUT2D eigenvalue weighted by Gasteiger charge is 2.69. The molecule has 6 heteroatoms. The highest BCUT2D eigenvalue weighted by atomic mass is 16.7. The molecule has 3 heterocycles. The fourth-order valence-electron chi connectivity index (χ4n) is 12.6. The van der Waals surface area contributed by atoms with Crippen LogP contribution in [-0.4, -0.2) is 66.7 Å². The number of fused-ring (bicyclic) bond motifs is 7. The number of benzene rings is 1. The summed E-state index contributed by atoms with van der Waals surface area (Å²) in [7, 11) is 0. The summed E-state index contributed by atoms with van der Waals surface area (Å²) in [5.41, 5.74) is 3.40. The second-order valence-corrected chi connectivity index (χ2v) is 17.7. The Labute approximate surface area is 278 Å². The number of nitrogens with zero attached hydrogens (tertiary/aromatic N) is 2. The van der Waals surface area contributed by atoms with E-state index in [1.165, 1.54) is 56.1 Å². The first kappa shape index (κ1) is 31.6. The van der Waals surface area contributed by atoms with Crippen molar-refractivity contribution in [2.24, 2.45) is 52.3 Å². The second kappa shape index (κ2) is 11.8. The van der Waals surface area contributed by atoms with E-state index in [1.807, 2.05) is 4.90 Å². The third-order valence-corrected chi connectivity index (χ3v) is 15.3. The largest absolute Gasteiger partial charge is 0.446 e. The highest BCUT2D eigenvalue weighted by molar-refractivity contribution is 5.68. The summed E-state index contributed by atoms with van der Waals surface area (Å²) in [4.78, 5) is 17.7. The third kappa shape index (κ3) is 5.18. The van der Waals surface area contributed by atoms with Gasteiger partial charge >= 0.3 is 6.09 Å². The average Bonchev–Trinajstić information content (AvgIpc) is 3.49. The Morgan fingerprint density at radius 2 is 1.65 bits per heavy atom. The molecule has 12 atom stereocenters. The van der Waals surface area contributed by atoms with Crippen LogP contribution in [0.4, 0.5) is 4.79 Å². The molecular weight excluding hydrogens is 572 g/mol. The predicted octanol–water partition coefficient (Wildman–Crippen LogP) is 8.06. The van der Waals surface area contributed by atoms with E-state index in [0.717, 1.165) is 76.3 Å². The van der Waals surface area contributed by atoms with Crippen LogP contribution in [0.15, 0.2) is 24.3 Å². The lowest BCUT2D eigenvalue weighted by atomic mass is 9.44. The summed E-state index contributed by atoms with van der Waals surface area (Å²) in [6.07, 6.45) is 12.6. The van der Waals surface area contributed by atoms with E-state index in [4.69, 9.17) is 14.2 Å². The Balaban J connectivity index is 0.860. The number of ether oxygens (including phenoxy) is 3. The smallest absolute Gasteiger partial charge is 0.410 e. The van der Waals surface area contributed by atoms with Crippen molar-refractivity contribution in [3.05, 3.63) is 35.4 Å². The average molecular weight is 633 g/mol. The number of carbonyl (C=O) groups excluding carboxylic acids is 1. The molecule has 1 aromatic carbocycles. The molecule has 0 unspecified atom stereocenters. The van der Waals surface area contributed by atoms with E-state index in [0.29, 0.717) is 40.6 Å². The zero-order chi connectivity index (χ0) is 31.8. The van der Waals surface area contributed by atoms with Crippen LogP contribution in [-0.2, 0) is 20.8 Å². The van der Waals surface area contributed by atoms with Gasteiger partial charge in [0.1, 0.15) is 6.10 Å². The van der Waals surface area contributed by atoms with Gasteiger partial charge in [0, 0.05) is 45.1 Å². The summed E-state index contributed by atoms with van der Waals surface area (Å²) in [5, 5.41) is 0. The van der Waals surface area contributed by atoms with Crippen molar-refractivity contribution in [2.45, 2.75) is 123 Å². The molecule has 3 aliphatic heterocycles. The summed E-state index contributed by atoms with van der Waals surface area (Å²) < 4.78 is 19.8. The Morgan fingerprint density at radius 3 is 2.39 bits per heavy atom. The van der Waals surface area contributed by atoms with E-state index in [9.17, 15) is 4.79 Å². The molecule has 4 aliphatic carbocycles. The molecule has 7 aliphatic rings. The van der Waals surface area contributed by atoms with E-state index in [2.05, 4.69) is 63.8 Å². The van der Waals surface area contributed by atoms with Crippen molar-refractivity contribution >= 4 is 6.09 Å². The number of aryl methyl sites for hydroxylation is 1. The summed E-state index contributed by atoms with van der Waals surface area (Å²) in [6, 6.07) is 8.82. The number of rotatable bonds is 3. The van der Waals surface area contributed by atoms with Crippen LogP contribution in [0, 0.1) is 59.2 Å². The first-order chi connectivity index (χ1) is 22.1. The first-order valence-corrected chi connectivity index (χ1v) is 19.1. The van der Waals surface area contributed by atoms with Crippen LogP contribution in [0.5, 0.6) is 0 Å². The first-order valence-electron chi connectivity index (χ1n) is 19.1. The van der Waals surface area contributed by atoms with E-state index in [1.54, 1.807) is 0 Å². The molecule has 0 bridgehead atoms. The minimum atomic E-state index is -0.318.